The molecule has 0 aliphatic heterocycles. The zero-order chi connectivity index (χ0) is 12.7. The van der Waals surface area contributed by atoms with Gasteiger partial charge in [-0.3, -0.25) is 4.79 Å². The molecule has 0 aliphatic carbocycles. The maximum absolute atomic E-state index is 12.7. The molecule has 1 rings (SSSR count). The van der Waals surface area contributed by atoms with E-state index in [1.807, 2.05) is 6.92 Å². The average Bonchev–Trinajstić information content (AvgIpc) is 2.31. The van der Waals surface area contributed by atoms with E-state index >= 15 is 0 Å². The van der Waals surface area contributed by atoms with Crippen LogP contribution in [0.25, 0.3) is 0 Å². The lowest BCUT2D eigenvalue weighted by Crippen LogP contribution is -2.30. The molecule has 1 atom stereocenters. The number of benzene rings is 1. The lowest BCUT2D eigenvalue weighted by molar-refractivity contribution is -0.141. The quantitative estimate of drug-likeness (QED) is 0.771. The molecule has 0 heterocycles. The lowest BCUT2D eigenvalue weighted by atomic mass is 10.1. The molecule has 0 bridgehead atoms. The third-order valence-electron chi connectivity index (χ3n) is 2.52. The smallest absolute Gasteiger partial charge is 0.307 e. The molecule has 1 aromatic rings. The van der Waals surface area contributed by atoms with E-state index < -0.39 is 0 Å². The maximum Gasteiger partial charge on any atom is 0.307 e. The van der Waals surface area contributed by atoms with Crippen molar-refractivity contribution in [3.8, 4) is 0 Å². The Morgan fingerprint density at radius 2 is 2.06 bits per heavy atom. The molecule has 1 N–H and O–H groups in total. The number of esters is 1. The third kappa shape index (κ3) is 5.45. The highest BCUT2D eigenvalue weighted by Gasteiger charge is 2.07. The summed E-state index contributed by atoms with van der Waals surface area (Å²) in [5.74, 6) is -0.437. The first kappa shape index (κ1) is 13.6. The Labute approximate surface area is 101 Å². The van der Waals surface area contributed by atoms with Crippen molar-refractivity contribution < 1.29 is 13.9 Å². The first-order chi connectivity index (χ1) is 8.11. The molecule has 0 spiro atoms. The highest BCUT2D eigenvalue weighted by molar-refractivity contribution is 5.69. The summed E-state index contributed by atoms with van der Waals surface area (Å²) in [7, 11) is 1.38. The van der Waals surface area contributed by atoms with Gasteiger partial charge in [0.1, 0.15) is 5.82 Å². The van der Waals surface area contributed by atoms with Gasteiger partial charge in [-0.25, -0.2) is 4.39 Å². The summed E-state index contributed by atoms with van der Waals surface area (Å²) in [6.45, 7) is 2.69. The standard InChI is InChI=1S/C13H18FNO2/c1-10(9-13(16)17-2)15-8-7-11-3-5-12(14)6-4-11/h3-6,10,15H,7-9H2,1-2H3/t10-/m0/s1. The molecule has 3 nitrogen and oxygen atoms in total. The number of carbonyl (C=O) groups excluding carboxylic acids is 1. The Morgan fingerprint density at radius 3 is 2.65 bits per heavy atom. The molecule has 0 fully saturated rings. The molecule has 0 saturated heterocycles. The first-order valence-electron chi connectivity index (χ1n) is 5.66. The van der Waals surface area contributed by atoms with E-state index in [1.165, 1.54) is 19.2 Å². The molecule has 94 valence electrons. The Kier molecular flexibility index (Phi) is 5.63. The molecule has 0 saturated carbocycles. The van der Waals surface area contributed by atoms with Gasteiger partial charge < -0.3 is 10.1 Å². The number of hydrogen-bond acceptors (Lipinski definition) is 3. The Balaban J connectivity index is 2.23. The van der Waals surface area contributed by atoms with E-state index in [-0.39, 0.29) is 17.8 Å². The SMILES string of the molecule is COC(=O)C[C@H](C)NCCc1ccc(F)cc1. The van der Waals surface area contributed by atoms with Crippen LogP contribution in [0.2, 0.25) is 0 Å². The monoisotopic (exact) mass is 239 g/mol. The zero-order valence-corrected chi connectivity index (χ0v) is 10.2. The van der Waals surface area contributed by atoms with Crippen molar-refractivity contribution in [2.24, 2.45) is 0 Å². The first-order valence-corrected chi connectivity index (χ1v) is 5.66. The number of ether oxygens (including phenoxy) is 1. The van der Waals surface area contributed by atoms with Crippen LogP contribution in [0.4, 0.5) is 4.39 Å². The fourth-order valence-electron chi connectivity index (χ4n) is 1.52. The van der Waals surface area contributed by atoms with Crippen molar-refractivity contribution in [1.82, 2.24) is 5.32 Å². The summed E-state index contributed by atoms with van der Waals surface area (Å²) in [5, 5.41) is 3.22. The molecule has 0 aliphatic rings. The second-order valence-electron chi connectivity index (χ2n) is 4.01. The third-order valence-corrected chi connectivity index (χ3v) is 2.52. The minimum atomic E-state index is -0.222. The van der Waals surface area contributed by atoms with Crippen LogP contribution in [0, 0.1) is 5.82 Å². The van der Waals surface area contributed by atoms with Crippen LogP contribution in [0.5, 0.6) is 0 Å². The minimum absolute atomic E-state index is 0.0860. The summed E-state index contributed by atoms with van der Waals surface area (Å²) in [4.78, 5) is 11.0. The predicted octanol–water partition coefficient (Wildman–Crippen LogP) is 1.91. The molecule has 0 radical (unpaired) electrons. The summed E-state index contributed by atoms with van der Waals surface area (Å²) in [6, 6.07) is 6.52. The van der Waals surface area contributed by atoms with Crippen LogP contribution >= 0.6 is 0 Å². The molecule has 4 heteroatoms. The minimum Gasteiger partial charge on any atom is -0.469 e. The number of hydrogen-bond donors (Lipinski definition) is 1. The van der Waals surface area contributed by atoms with Gasteiger partial charge in [-0.05, 0) is 37.6 Å². The van der Waals surface area contributed by atoms with E-state index in [9.17, 15) is 9.18 Å². The van der Waals surface area contributed by atoms with Crippen LogP contribution < -0.4 is 5.32 Å². The van der Waals surface area contributed by atoms with Crippen LogP contribution in [0.15, 0.2) is 24.3 Å². The van der Waals surface area contributed by atoms with E-state index in [4.69, 9.17) is 0 Å². The summed E-state index contributed by atoms with van der Waals surface area (Å²) >= 11 is 0. The number of rotatable bonds is 6. The van der Waals surface area contributed by atoms with Gasteiger partial charge in [0.15, 0.2) is 0 Å². The van der Waals surface area contributed by atoms with Gasteiger partial charge in [0, 0.05) is 6.04 Å². The number of nitrogens with one attached hydrogen (secondary N) is 1. The van der Waals surface area contributed by atoms with E-state index in [0.717, 1.165) is 18.5 Å². The van der Waals surface area contributed by atoms with Crippen LogP contribution in [0.1, 0.15) is 18.9 Å². The normalized spacial score (nSPS) is 12.2. The second-order valence-corrected chi connectivity index (χ2v) is 4.01. The predicted molar refractivity (Wildman–Crippen MR) is 64.2 cm³/mol. The molecule has 0 unspecified atom stereocenters. The lowest BCUT2D eigenvalue weighted by Gasteiger charge is -2.12. The van der Waals surface area contributed by atoms with Gasteiger partial charge in [0.2, 0.25) is 0 Å². The topological polar surface area (TPSA) is 38.3 Å². The fraction of sp³-hybridized carbons (Fsp3) is 0.462. The average molecular weight is 239 g/mol. The van der Waals surface area contributed by atoms with Gasteiger partial charge in [0.25, 0.3) is 0 Å². The zero-order valence-electron chi connectivity index (χ0n) is 10.2. The number of carbonyl (C=O) groups is 1. The van der Waals surface area contributed by atoms with E-state index in [2.05, 4.69) is 10.1 Å². The van der Waals surface area contributed by atoms with Crippen molar-refractivity contribution in [1.29, 1.82) is 0 Å². The second kappa shape index (κ2) is 7.01. The van der Waals surface area contributed by atoms with E-state index in [1.54, 1.807) is 12.1 Å². The molecule has 0 aromatic heterocycles. The fourth-order valence-corrected chi connectivity index (χ4v) is 1.52. The number of halogens is 1. The van der Waals surface area contributed by atoms with Gasteiger partial charge in [-0.15, -0.1) is 0 Å². The Morgan fingerprint density at radius 1 is 1.41 bits per heavy atom. The molecular weight excluding hydrogens is 221 g/mol. The molecule has 1 aromatic carbocycles. The van der Waals surface area contributed by atoms with Crippen molar-refractivity contribution in [2.75, 3.05) is 13.7 Å². The summed E-state index contributed by atoms with van der Waals surface area (Å²) in [5.41, 5.74) is 1.07. The van der Waals surface area contributed by atoms with Crippen LogP contribution in [-0.2, 0) is 16.0 Å². The van der Waals surface area contributed by atoms with Crippen molar-refractivity contribution in [3.05, 3.63) is 35.6 Å². The largest absolute Gasteiger partial charge is 0.469 e. The maximum atomic E-state index is 12.7. The highest BCUT2D eigenvalue weighted by atomic mass is 19.1. The van der Waals surface area contributed by atoms with Crippen molar-refractivity contribution >= 4 is 5.97 Å². The van der Waals surface area contributed by atoms with Gasteiger partial charge in [0.05, 0.1) is 13.5 Å². The molecule has 0 amide bonds. The summed E-state index contributed by atoms with van der Waals surface area (Å²) in [6.07, 6.45) is 1.17. The number of methoxy groups -OCH3 is 1. The van der Waals surface area contributed by atoms with Gasteiger partial charge >= 0.3 is 5.97 Å². The van der Waals surface area contributed by atoms with Crippen LogP contribution in [0.3, 0.4) is 0 Å². The van der Waals surface area contributed by atoms with Crippen molar-refractivity contribution in [2.45, 2.75) is 25.8 Å². The van der Waals surface area contributed by atoms with E-state index in [0.29, 0.717) is 6.42 Å². The Bertz CT molecular complexity index is 351. The van der Waals surface area contributed by atoms with Crippen LogP contribution in [-0.4, -0.2) is 25.7 Å². The Hall–Kier alpha value is -1.42. The summed E-state index contributed by atoms with van der Waals surface area (Å²) < 4.78 is 17.2. The van der Waals surface area contributed by atoms with Crippen molar-refractivity contribution in [3.63, 3.8) is 0 Å². The van der Waals surface area contributed by atoms with Gasteiger partial charge in [-0.2, -0.15) is 0 Å². The highest BCUT2D eigenvalue weighted by Crippen LogP contribution is 2.03. The molecule has 17 heavy (non-hydrogen) atoms. The molecular formula is C13H18FNO2. The van der Waals surface area contributed by atoms with Gasteiger partial charge in [-0.1, -0.05) is 12.1 Å².